The summed E-state index contributed by atoms with van der Waals surface area (Å²) < 4.78 is 9.17. The highest BCUT2D eigenvalue weighted by Gasteiger charge is 2.23. The molecule has 2 heterocycles. The highest BCUT2D eigenvalue weighted by atomic mass is 16.3. The van der Waals surface area contributed by atoms with Crippen LogP contribution in [0.2, 0.25) is 0 Å². The smallest absolute Gasteiger partial charge is 0.143 e. The Morgan fingerprint density at radius 2 is 1.02 bits per heavy atom. The molecule has 59 heavy (non-hydrogen) atoms. The number of nitrogens with zero attached hydrogens (tertiary/aromatic N) is 2. The molecule has 2 aromatic heterocycles. The van der Waals surface area contributed by atoms with Crippen molar-refractivity contribution in [1.82, 2.24) is 4.57 Å². The van der Waals surface area contributed by atoms with Crippen LogP contribution in [-0.4, -0.2) is 4.57 Å². The van der Waals surface area contributed by atoms with Gasteiger partial charge in [0.1, 0.15) is 11.2 Å². The van der Waals surface area contributed by atoms with Crippen molar-refractivity contribution in [2.24, 2.45) is 0 Å². The number of fused-ring (bicyclic) bond motifs is 10. The van der Waals surface area contributed by atoms with Crippen LogP contribution in [0.5, 0.6) is 0 Å². The fraction of sp³-hybridized carbons (Fsp3) is 0. The lowest BCUT2D eigenvalue weighted by molar-refractivity contribution is 0.672. The first-order valence-corrected chi connectivity index (χ1v) is 20.2. The van der Waals surface area contributed by atoms with Crippen LogP contribution in [0.25, 0.3) is 93.2 Å². The van der Waals surface area contributed by atoms with E-state index in [1.807, 2.05) is 0 Å². The molecule has 3 nitrogen and oxygen atoms in total. The Balaban J connectivity index is 1.10. The number of anilines is 3. The lowest BCUT2D eigenvalue weighted by atomic mass is 9.99. The van der Waals surface area contributed by atoms with E-state index in [0.717, 1.165) is 55.6 Å². The second-order valence-corrected chi connectivity index (χ2v) is 15.3. The zero-order valence-electron chi connectivity index (χ0n) is 32.1. The van der Waals surface area contributed by atoms with Crippen LogP contribution in [0.3, 0.4) is 0 Å². The van der Waals surface area contributed by atoms with Gasteiger partial charge in [-0.1, -0.05) is 158 Å². The normalized spacial score (nSPS) is 11.7. The summed E-state index contributed by atoms with van der Waals surface area (Å²) in [5.74, 6) is 0. The topological polar surface area (TPSA) is 21.3 Å². The number of hydrogen-bond donors (Lipinski definition) is 0. The van der Waals surface area contributed by atoms with Crippen LogP contribution < -0.4 is 4.90 Å². The van der Waals surface area contributed by atoms with Gasteiger partial charge >= 0.3 is 0 Å². The molecule has 3 heteroatoms. The summed E-state index contributed by atoms with van der Waals surface area (Å²) in [6.45, 7) is 0. The molecule has 0 aliphatic rings. The summed E-state index contributed by atoms with van der Waals surface area (Å²) in [6.07, 6.45) is 0. The van der Waals surface area contributed by atoms with Crippen molar-refractivity contribution in [1.29, 1.82) is 0 Å². The van der Waals surface area contributed by atoms with Crippen LogP contribution in [-0.2, 0) is 0 Å². The maximum absolute atomic E-state index is 6.70. The van der Waals surface area contributed by atoms with Crippen molar-refractivity contribution in [2.75, 3.05) is 4.90 Å². The van der Waals surface area contributed by atoms with E-state index < -0.39 is 0 Å². The predicted molar refractivity (Wildman–Crippen MR) is 249 cm³/mol. The fourth-order valence-electron chi connectivity index (χ4n) is 9.29. The maximum atomic E-state index is 6.70. The summed E-state index contributed by atoms with van der Waals surface area (Å²) in [5, 5.41) is 9.37. The minimum absolute atomic E-state index is 0.867. The minimum Gasteiger partial charge on any atom is -0.455 e. The van der Waals surface area contributed by atoms with Gasteiger partial charge in [0, 0.05) is 38.5 Å². The van der Waals surface area contributed by atoms with Gasteiger partial charge in [0.05, 0.1) is 27.8 Å². The molecule has 0 bridgehead atoms. The van der Waals surface area contributed by atoms with Gasteiger partial charge in [-0.3, -0.25) is 0 Å². The zero-order valence-corrected chi connectivity index (χ0v) is 32.1. The Kier molecular flexibility index (Phi) is 7.54. The molecular weight excluding hydrogens is 717 g/mol. The fourth-order valence-corrected chi connectivity index (χ4v) is 9.29. The summed E-state index contributed by atoms with van der Waals surface area (Å²) in [7, 11) is 0. The van der Waals surface area contributed by atoms with Gasteiger partial charge in [-0.2, -0.15) is 0 Å². The van der Waals surface area contributed by atoms with E-state index in [9.17, 15) is 0 Å². The molecule has 0 amide bonds. The molecule has 0 aliphatic heterocycles. The Morgan fingerprint density at radius 1 is 0.373 bits per heavy atom. The molecule has 0 unspecified atom stereocenters. The second kappa shape index (κ2) is 13.4. The molecule has 0 fully saturated rings. The highest BCUT2D eigenvalue weighted by Crippen LogP contribution is 2.47. The Morgan fingerprint density at radius 3 is 1.85 bits per heavy atom. The van der Waals surface area contributed by atoms with Gasteiger partial charge in [0.25, 0.3) is 0 Å². The van der Waals surface area contributed by atoms with Gasteiger partial charge in [0.2, 0.25) is 0 Å². The summed E-state index contributed by atoms with van der Waals surface area (Å²) in [6, 6.07) is 78.7. The van der Waals surface area contributed by atoms with E-state index in [1.54, 1.807) is 0 Å². The molecule has 0 saturated heterocycles. The van der Waals surface area contributed by atoms with Gasteiger partial charge < -0.3 is 13.9 Å². The van der Waals surface area contributed by atoms with Crippen molar-refractivity contribution in [3.8, 4) is 27.9 Å². The first-order valence-electron chi connectivity index (χ1n) is 20.2. The zero-order chi connectivity index (χ0) is 38.9. The van der Waals surface area contributed by atoms with Crippen molar-refractivity contribution in [3.05, 3.63) is 218 Å². The number of aromatic nitrogens is 1. The lowest BCUT2D eigenvalue weighted by Crippen LogP contribution is -2.10. The van der Waals surface area contributed by atoms with E-state index >= 15 is 0 Å². The number of benzene rings is 10. The van der Waals surface area contributed by atoms with Gasteiger partial charge in [-0.15, -0.1) is 0 Å². The average molecular weight is 753 g/mol. The maximum Gasteiger partial charge on any atom is 0.143 e. The number of hydrogen-bond acceptors (Lipinski definition) is 2. The lowest BCUT2D eigenvalue weighted by Gasteiger charge is -2.26. The van der Waals surface area contributed by atoms with Gasteiger partial charge in [-0.05, 0) is 93.5 Å². The first kappa shape index (κ1) is 33.3. The Hall–Kier alpha value is -7.88. The molecule has 0 saturated carbocycles. The second-order valence-electron chi connectivity index (χ2n) is 15.3. The van der Waals surface area contributed by atoms with Gasteiger partial charge in [-0.25, -0.2) is 0 Å². The van der Waals surface area contributed by atoms with Crippen LogP contribution in [0.4, 0.5) is 17.1 Å². The summed E-state index contributed by atoms with van der Waals surface area (Å²) >= 11 is 0. The first-order chi connectivity index (χ1) is 29.3. The van der Waals surface area contributed by atoms with Crippen molar-refractivity contribution >= 4 is 82.4 Å². The third kappa shape index (κ3) is 5.29. The standard InChI is InChI=1S/C56H36N2O/c1-3-14-37(15-4-1)38-26-28-41(29-27-38)44-20-11-12-23-49(44)58-50-35-32-43(36-48(50)54-45-21-9-7-16-39(45)31-34-52(54)58)57(42-18-5-2-6-19-42)51-24-13-25-53-55(51)47-33-30-40-17-8-10-22-46(40)56(47)59-53/h1-36H. The van der Waals surface area contributed by atoms with Crippen LogP contribution in [0.15, 0.2) is 223 Å². The van der Waals surface area contributed by atoms with Crippen LogP contribution in [0.1, 0.15) is 0 Å². The van der Waals surface area contributed by atoms with E-state index in [0.29, 0.717) is 0 Å². The molecular formula is C56H36N2O. The third-order valence-electron chi connectivity index (χ3n) is 12.0. The SMILES string of the molecule is c1ccc(-c2ccc(-c3ccccc3-n3c4ccc(N(c5ccccc5)c5cccc6oc7c8ccccc8ccc7c56)cc4c4c5ccccc5ccc43)cc2)cc1. The molecule has 10 aromatic carbocycles. The van der Waals surface area contributed by atoms with Gasteiger partial charge in [0.15, 0.2) is 0 Å². The van der Waals surface area contributed by atoms with Crippen LogP contribution >= 0.6 is 0 Å². The van der Waals surface area contributed by atoms with Crippen molar-refractivity contribution < 1.29 is 4.42 Å². The third-order valence-corrected chi connectivity index (χ3v) is 12.0. The van der Waals surface area contributed by atoms with Crippen molar-refractivity contribution in [2.45, 2.75) is 0 Å². The van der Waals surface area contributed by atoms with E-state index in [-0.39, 0.29) is 0 Å². The number of rotatable bonds is 6. The monoisotopic (exact) mass is 752 g/mol. The summed E-state index contributed by atoms with van der Waals surface area (Å²) in [4.78, 5) is 2.39. The van der Waals surface area contributed by atoms with Crippen molar-refractivity contribution in [3.63, 3.8) is 0 Å². The molecule has 0 N–H and O–H groups in total. The largest absolute Gasteiger partial charge is 0.455 e. The number of para-hydroxylation sites is 2. The van der Waals surface area contributed by atoms with E-state index in [2.05, 4.69) is 228 Å². The highest BCUT2D eigenvalue weighted by molar-refractivity contribution is 6.23. The molecule has 0 aliphatic carbocycles. The number of furan rings is 1. The minimum atomic E-state index is 0.867. The van der Waals surface area contributed by atoms with Crippen LogP contribution in [0, 0.1) is 0 Å². The molecule has 0 radical (unpaired) electrons. The molecule has 12 aromatic rings. The predicted octanol–water partition coefficient (Wildman–Crippen LogP) is 15.8. The van der Waals surface area contributed by atoms with E-state index in [4.69, 9.17) is 4.42 Å². The van der Waals surface area contributed by atoms with E-state index in [1.165, 1.54) is 54.7 Å². The summed E-state index contributed by atoms with van der Waals surface area (Å²) in [5.41, 5.74) is 13.2. The molecule has 276 valence electrons. The quantitative estimate of drug-likeness (QED) is 0.169. The Labute approximate surface area is 341 Å². The Bertz CT molecular complexity index is 3540. The molecule has 0 atom stereocenters. The molecule has 0 spiro atoms. The molecule has 12 rings (SSSR count). The average Bonchev–Trinajstić information content (AvgIpc) is 3.86.